The minimum Gasteiger partial charge on any atom is -0.207 e. The summed E-state index contributed by atoms with van der Waals surface area (Å²) in [6.07, 6.45) is -3.12. The van der Waals surface area contributed by atoms with E-state index in [2.05, 4.69) is 0 Å². The molecule has 0 bridgehead atoms. The number of hydrogen-bond acceptors (Lipinski definition) is 2. The molecule has 0 radical (unpaired) electrons. The molecule has 0 spiro atoms. The van der Waals surface area contributed by atoms with Crippen LogP contribution in [-0.2, 0) is 22.7 Å². The lowest BCUT2D eigenvalue weighted by atomic mass is 10.2. The van der Waals surface area contributed by atoms with E-state index >= 15 is 0 Å². The Hall–Kier alpha value is -1.86. The van der Waals surface area contributed by atoms with Crippen LogP contribution in [0.2, 0.25) is 0 Å². The quantitative estimate of drug-likeness (QED) is 0.811. The Balaban J connectivity index is 1.95. The van der Waals surface area contributed by atoms with Crippen molar-refractivity contribution in [3.05, 3.63) is 65.7 Å². The summed E-state index contributed by atoms with van der Waals surface area (Å²) in [7, 11) is -3.99. The number of hydrogen-bond donors (Lipinski definition) is 0. The molecule has 0 unspecified atom stereocenters. The van der Waals surface area contributed by atoms with Crippen molar-refractivity contribution < 1.29 is 21.6 Å². The van der Waals surface area contributed by atoms with Gasteiger partial charge in [0, 0.05) is 12.6 Å². The summed E-state index contributed by atoms with van der Waals surface area (Å²) in [6.45, 7) is 0.157. The van der Waals surface area contributed by atoms with E-state index in [1.165, 1.54) is 10.4 Å². The molecule has 0 aliphatic heterocycles. The molecule has 0 aromatic heterocycles. The Kier molecular flexibility index (Phi) is 4.40. The topological polar surface area (TPSA) is 37.4 Å². The van der Waals surface area contributed by atoms with E-state index in [0.717, 1.165) is 30.5 Å². The van der Waals surface area contributed by atoms with Crippen LogP contribution in [0.1, 0.15) is 24.0 Å². The molecule has 1 saturated carbocycles. The van der Waals surface area contributed by atoms with Gasteiger partial charge in [0.05, 0.1) is 10.5 Å². The predicted octanol–water partition coefficient (Wildman–Crippen LogP) is 4.06. The second-order valence-electron chi connectivity index (χ2n) is 5.79. The van der Waals surface area contributed by atoms with Gasteiger partial charge in [0.2, 0.25) is 10.0 Å². The smallest absolute Gasteiger partial charge is 0.207 e. The first-order chi connectivity index (χ1) is 11.3. The van der Waals surface area contributed by atoms with Crippen LogP contribution in [0.4, 0.5) is 13.2 Å². The van der Waals surface area contributed by atoms with Gasteiger partial charge >= 0.3 is 6.18 Å². The van der Waals surface area contributed by atoms with Gasteiger partial charge in [-0.15, -0.1) is 0 Å². The summed E-state index contributed by atoms with van der Waals surface area (Å²) in [5.74, 6) is 0. The van der Waals surface area contributed by atoms with Crippen LogP contribution < -0.4 is 0 Å². The molecule has 0 N–H and O–H groups in total. The van der Waals surface area contributed by atoms with Crippen molar-refractivity contribution in [1.82, 2.24) is 4.31 Å². The Morgan fingerprint density at radius 2 is 1.67 bits per heavy atom. The van der Waals surface area contributed by atoms with E-state index in [0.29, 0.717) is 6.07 Å². The van der Waals surface area contributed by atoms with Crippen molar-refractivity contribution in [2.24, 2.45) is 0 Å². The van der Waals surface area contributed by atoms with Crippen molar-refractivity contribution in [1.29, 1.82) is 0 Å². The maximum atomic E-state index is 12.9. The van der Waals surface area contributed by atoms with Crippen molar-refractivity contribution >= 4 is 10.0 Å². The van der Waals surface area contributed by atoms with Crippen LogP contribution in [0.25, 0.3) is 0 Å². The molecule has 0 atom stereocenters. The molecule has 7 heteroatoms. The number of benzene rings is 2. The second kappa shape index (κ2) is 6.22. The Labute approximate surface area is 138 Å². The zero-order valence-electron chi connectivity index (χ0n) is 12.7. The van der Waals surface area contributed by atoms with Gasteiger partial charge in [-0.05, 0) is 36.6 Å². The SMILES string of the molecule is O=S(=O)(c1cccc(C(F)(F)F)c1)N(Cc1ccccc1)C1CC1. The van der Waals surface area contributed by atoms with Gasteiger partial charge in [0.25, 0.3) is 0 Å². The fourth-order valence-electron chi connectivity index (χ4n) is 2.50. The molecule has 2 aromatic carbocycles. The van der Waals surface area contributed by atoms with Crippen molar-refractivity contribution in [3.63, 3.8) is 0 Å². The molecule has 0 saturated heterocycles. The lowest BCUT2D eigenvalue weighted by Crippen LogP contribution is -2.32. The monoisotopic (exact) mass is 355 g/mol. The summed E-state index contributed by atoms with van der Waals surface area (Å²) in [4.78, 5) is -0.319. The van der Waals surface area contributed by atoms with Crippen molar-refractivity contribution in [3.8, 4) is 0 Å². The van der Waals surface area contributed by atoms with Crippen molar-refractivity contribution in [2.75, 3.05) is 0 Å². The first kappa shape index (κ1) is 17.0. The second-order valence-corrected chi connectivity index (χ2v) is 7.68. The molecule has 3 nitrogen and oxygen atoms in total. The number of sulfonamides is 1. The average molecular weight is 355 g/mol. The average Bonchev–Trinajstić information content (AvgIpc) is 3.37. The Morgan fingerprint density at radius 3 is 2.25 bits per heavy atom. The van der Waals surface area contributed by atoms with Gasteiger partial charge in [-0.3, -0.25) is 0 Å². The van der Waals surface area contributed by atoms with E-state index in [-0.39, 0.29) is 17.5 Å². The molecule has 1 fully saturated rings. The van der Waals surface area contributed by atoms with Gasteiger partial charge in [-0.25, -0.2) is 8.42 Å². The molecule has 3 rings (SSSR count). The zero-order valence-corrected chi connectivity index (χ0v) is 13.5. The van der Waals surface area contributed by atoms with Gasteiger partial charge in [0.1, 0.15) is 0 Å². The molecule has 0 amide bonds. The molecule has 24 heavy (non-hydrogen) atoms. The lowest BCUT2D eigenvalue weighted by molar-refractivity contribution is -0.137. The minimum absolute atomic E-state index is 0.148. The van der Waals surface area contributed by atoms with Crippen LogP contribution >= 0.6 is 0 Å². The lowest BCUT2D eigenvalue weighted by Gasteiger charge is -2.22. The van der Waals surface area contributed by atoms with Crippen LogP contribution in [0.15, 0.2) is 59.5 Å². The fraction of sp³-hybridized carbons (Fsp3) is 0.294. The third-order valence-corrected chi connectivity index (χ3v) is 5.80. The number of alkyl halides is 3. The highest BCUT2D eigenvalue weighted by atomic mass is 32.2. The highest BCUT2D eigenvalue weighted by Crippen LogP contribution is 2.35. The third-order valence-electron chi connectivity index (χ3n) is 3.90. The first-order valence-electron chi connectivity index (χ1n) is 7.51. The molecule has 128 valence electrons. The molecule has 0 heterocycles. The zero-order chi connectivity index (χ0) is 17.4. The maximum Gasteiger partial charge on any atom is 0.416 e. The molecule has 1 aliphatic carbocycles. The van der Waals surface area contributed by atoms with E-state index < -0.39 is 21.8 Å². The van der Waals surface area contributed by atoms with Crippen LogP contribution in [0.3, 0.4) is 0 Å². The Bertz CT molecular complexity index is 815. The summed E-state index contributed by atoms with van der Waals surface area (Å²) in [5.41, 5.74) is -0.154. The summed E-state index contributed by atoms with van der Waals surface area (Å²) in [6, 6.07) is 12.8. The van der Waals surface area contributed by atoms with E-state index in [4.69, 9.17) is 0 Å². The maximum absolute atomic E-state index is 12.9. The number of halogens is 3. The van der Waals surface area contributed by atoms with Gasteiger partial charge in [-0.1, -0.05) is 36.4 Å². The van der Waals surface area contributed by atoms with E-state index in [1.807, 2.05) is 6.07 Å². The third kappa shape index (κ3) is 3.62. The molecule has 1 aliphatic rings. The van der Waals surface area contributed by atoms with Crippen LogP contribution in [-0.4, -0.2) is 18.8 Å². The summed E-state index contributed by atoms with van der Waals surface area (Å²) < 4.78 is 65.6. The largest absolute Gasteiger partial charge is 0.416 e. The summed E-state index contributed by atoms with van der Waals surface area (Å²) in [5, 5.41) is 0. The minimum atomic E-state index is -4.57. The van der Waals surface area contributed by atoms with Gasteiger partial charge < -0.3 is 0 Å². The fourth-order valence-corrected chi connectivity index (χ4v) is 4.22. The standard InChI is InChI=1S/C17H16F3NO2S/c18-17(19,20)14-7-4-8-16(11-14)24(22,23)21(15-9-10-15)12-13-5-2-1-3-6-13/h1-8,11,15H,9-10,12H2. The highest BCUT2D eigenvalue weighted by molar-refractivity contribution is 7.89. The molecular formula is C17H16F3NO2S. The van der Waals surface area contributed by atoms with E-state index in [9.17, 15) is 21.6 Å². The van der Waals surface area contributed by atoms with Gasteiger partial charge in [-0.2, -0.15) is 17.5 Å². The highest BCUT2D eigenvalue weighted by Gasteiger charge is 2.39. The Morgan fingerprint density at radius 1 is 1.00 bits per heavy atom. The van der Waals surface area contributed by atoms with Crippen LogP contribution in [0, 0.1) is 0 Å². The molecule has 2 aromatic rings. The van der Waals surface area contributed by atoms with Crippen LogP contribution in [0.5, 0.6) is 0 Å². The number of nitrogens with zero attached hydrogens (tertiary/aromatic N) is 1. The first-order valence-corrected chi connectivity index (χ1v) is 8.95. The van der Waals surface area contributed by atoms with E-state index in [1.54, 1.807) is 24.3 Å². The summed E-state index contributed by atoms with van der Waals surface area (Å²) >= 11 is 0. The van der Waals surface area contributed by atoms with Crippen molar-refractivity contribution in [2.45, 2.75) is 36.5 Å². The normalized spacial score (nSPS) is 15.7. The number of rotatable bonds is 5. The molecular weight excluding hydrogens is 339 g/mol. The van der Waals surface area contributed by atoms with Gasteiger partial charge in [0.15, 0.2) is 0 Å². The predicted molar refractivity (Wildman–Crippen MR) is 83.6 cm³/mol.